The number of rotatable bonds is 3. The summed E-state index contributed by atoms with van der Waals surface area (Å²) in [6, 6.07) is 6.41. The van der Waals surface area contributed by atoms with Crippen LogP contribution in [0.15, 0.2) is 24.3 Å². The van der Waals surface area contributed by atoms with E-state index in [4.69, 9.17) is 5.73 Å². The first kappa shape index (κ1) is 13.4. The highest BCUT2D eigenvalue weighted by Gasteiger charge is 2.16. The van der Waals surface area contributed by atoms with Crippen molar-refractivity contribution in [1.82, 2.24) is 5.32 Å². The lowest BCUT2D eigenvalue weighted by molar-refractivity contribution is 0.0927. The van der Waals surface area contributed by atoms with Gasteiger partial charge in [0.15, 0.2) is 0 Å². The molecule has 102 valence electrons. The highest BCUT2D eigenvalue weighted by Crippen LogP contribution is 2.18. The normalized spacial score (nSPS) is 15.8. The molecule has 0 atom stereocenters. The van der Waals surface area contributed by atoms with Crippen LogP contribution in [0, 0.1) is 0 Å². The Morgan fingerprint density at radius 2 is 1.89 bits per heavy atom. The molecule has 2 rings (SSSR count). The van der Waals surface area contributed by atoms with E-state index < -0.39 is 6.03 Å². The molecule has 5 nitrogen and oxygen atoms in total. The first-order valence-electron chi connectivity index (χ1n) is 6.62. The lowest BCUT2D eigenvalue weighted by atomic mass is 9.95. The summed E-state index contributed by atoms with van der Waals surface area (Å²) in [6.45, 7) is 0. The quantitative estimate of drug-likeness (QED) is 0.779. The van der Waals surface area contributed by atoms with Crippen molar-refractivity contribution in [3.05, 3.63) is 29.8 Å². The number of amides is 3. The third-order valence-corrected chi connectivity index (χ3v) is 3.33. The van der Waals surface area contributed by atoms with Crippen LogP contribution in [-0.4, -0.2) is 18.0 Å². The second-order valence-electron chi connectivity index (χ2n) is 4.88. The summed E-state index contributed by atoms with van der Waals surface area (Å²) >= 11 is 0. The number of hydrogen-bond donors (Lipinski definition) is 3. The van der Waals surface area contributed by atoms with Gasteiger partial charge in [-0.15, -0.1) is 0 Å². The van der Waals surface area contributed by atoms with E-state index in [2.05, 4.69) is 10.6 Å². The van der Waals surface area contributed by atoms with Crippen molar-refractivity contribution in [2.24, 2.45) is 5.73 Å². The van der Waals surface area contributed by atoms with Crippen LogP contribution in [-0.2, 0) is 0 Å². The van der Waals surface area contributed by atoms with E-state index in [0.29, 0.717) is 11.3 Å². The third kappa shape index (κ3) is 3.98. The number of hydrogen-bond acceptors (Lipinski definition) is 2. The molecule has 1 aromatic rings. The van der Waals surface area contributed by atoms with Crippen molar-refractivity contribution in [1.29, 1.82) is 0 Å². The zero-order valence-corrected chi connectivity index (χ0v) is 10.8. The molecule has 1 saturated carbocycles. The molecule has 19 heavy (non-hydrogen) atoms. The Balaban J connectivity index is 1.99. The maximum absolute atomic E-state index is 12.1. The van der Waals surface area contributed by atoms with Crippen molar-refractivity contribution in [2.45, 2.75) is 38.1 Å². The van der Waals surface area contributed by atoms with Gasteiger partial charge in [0.05, 0.1) is 0 Å². The van der Waals surface area contributed by atoms with E-state index in [9.17, 15) is 9.59 Å². The van der Waals surface area contributed by atoms with E-state index in [1.165, 1.54) is 19.3 Å². The fraction of sp³-hybridized carbons (Fsp3) is 0.429. The Bertz CT molecular complexity index is 468. The van der Waals surface area contributed by atoms with Crippen LogP contribution in [0.4, 0.5) is 10.5 Å². The van der Waals surface area contributed by atoms with Gasteiger partial charge in [-0.05, 0) is 31.0 Å². The zero-order valence-electron chi connectivity index (χ0n) is 10.8. The average molecular weight is 261 g/mol. The molecule has 5 heteroatoms. The van der Waals surface area contributed by atoms with Crippen molar-refractivity contribution in [3.63, 3.8) is 0 Å². The fourth-order valence-corrected chi connectivity index (χ4v) is 2.40. The van der Waals surface area contributed by atoms with Crippen molar-refractivity contribution < 1.29 is 9.59 Å². The van der Waals surface area contributed by atoms with Crippen LogP contribution < -0.4 is 16.4 Å². The van der Waals surface area contributed by atoms with Crippen LogP contribution in [0.3, 0.4) is 0 Å². The van der Waals surface area contributed by atoms with E-state index in [0.717, 1.165) is 12.8 Å². The van der Waals surface area contributed by atoms with Gasteiger partial charge < -0.3 is 16.4 Å². The van der Waals surface area contributed by atoms with Crippen molar-refractivity contribution >= 4 is 17.6 Å². The molecule has 3 amide bonds. The van der Waals surface area contributed by atoms with Gasteiger partial charge in [-0.3, -0.25) is 4.79 Å². The molecule has 1 aromatic carbocycles. The molecular formula is C14H19N3O2. The maximum atomic E-state index is 12.1. The lowest BCUT2D eigenvalue weighted by Crippen LogP contribution is -2.36. The van der Waals surface area contributed by atoms with Gasteiger partial charge in [-0.1, -0.05) is 25.3 Å². The third-order valence-electron chi connectivity index (χ3n) is 3.33. The molecule has 0 saturated heterocycles. The number of carbonyl (C=O) groups is 2. The highest BCUT2D eigenvalue weighted by molar-refractivity contribution is 5.96. The van der Waals surface area contributed by atoms with E-state index >= 15 is 0 Å². The smallest absolute Gasteiger partial charge is 0.316 e. The highest BCUT2D eigenvalue weighted by atomic mass is 16.2. The molecule has 0 unspecified atom stereocenters. The van der Waals surface area contributed by atoms with Gasteiger partial charge in [0, 0.05) is 17.3 Å². The van der Waals surface area contributed by atoms with Gasteiger partial charge in [0.25, 0.3) is 5.91 Å². The number of urea groups is 1. The number of nitrogens with one attached hydrogen (secondary N) is 2. The average Bonchev–Trinajstić information content (AvgIpc) is 2.39. The predicted molar refractivity (Wildman–Crippen MR) is 74.0 cm³/mol. The molecule has 1 fully saturated rings. The van der Waals surface area contributed by atoms with E-state index in [1.54, 1.807) is 24.3 Å². The molecule has 1 aliphatic rings. The van der Waals surface area contributed by atoms with Crippen LogP contribution in [0.25, 0.3) is 0 Å². The standard InChI is InChI=1S/C14H19N3O2/c15-14(19)17-12-8-4-5-10(9-12)13(18)16-11-6-2-1-3-7-11/h4-5,8-9,11H,1-3,6-7H2,(H,16,18)(H3,15,17,19). The summed E-state index contributed by atoms with van der Waals surface area (Å²) in [5.41, 5.74) is 6.12. The molecule has 0 heterocycles. The Labute approximate surface area is 112 Å². The van der Waals surface area contributed by atoms with Crippen molar-refractivity contribution in [3.8, 4) is 0 Å². The molecule has 0 radical (unpaired) electrons. The van der Waals surface area contributed by atoms with Crippen LogP contribution >= 0.6 is 0 Å². The molecule has 4 N–H and O–H groups in total. The summed E-state index contributed by atoms with van der Waals surface area (Å²) in [5, 5.41) is 5.50. The summed E-state index contributed by atoms with van der Waals surface area (Å²) < 4.78 is 0. The maximum Gasteiger partial charge on any atom is 0.316 e. The van der Waals surface area contributed by atoms with Crippen LogP contribution in [0.5, 0.6) is 0 Å². The Kier molecular flexibility index (Phi) is 4.39. The first-order chi connectivity index (χ1) is 9.15. The molecule has 0 aliphatic heterocycles. The summed E-state index contributed by atoms with van der Waals surface area (Å²) in [6.07, 6.45) is 5.70. The second-order valence-corrected chi connectivity index (χ2v) is 4.88. The van der Waals surface area contributed by atoms with E-state index in [-0.39, 0.29) is 11.9 Å². The SMILES string of the molecule is NC(=O)Nc1cccc(C(=O)NC2CCCCC2)c1. The zero-order chi connectivity index (χ0) is 13.7. The molecule has 1 aliphatic carbocycles. The monoisotopic (exact) mass is 261 g/mol. The Morgan fingerprint density at radius 1 is 1.16 bits per heavy atom. The number of anilines is 1. The van der Waals surface area contributed by atoms with Gasteiger partial charge in [0.1, 0.15) is 0 Å². The number of nitrogens with two attached hydrogens (primary N) is 1. The van der Waals surface area contributed by atoms with Gasteiger partial charge in [-0.25, -0.2) is 4.79 Å². The Hall–Kier alpha value is -2.04. The fourth-order valence-electron chi connectivity index (χ4n) is 2.40. The van der Waals surface area contributed by atoms with Crippen molar-refractivity contribution in [2.75, 3.05) is 5.32 Å². The topological polar surface area (TPSA) is 84.2 Å². The van der Waals surface area contributed by atoms with Crippen LogP contribution in [0.1, 0.15) is 42.5 Å². The first-order valence-corrected chi connectivity index (χ1v) is 6.62. The number of primary amides is 1. The molecule has 0 spiro atoms. The van der Waals surface area contributed by atoms with Gasteiger partial charge >= 0.3 is 6.03 Å². The largest absolute Gasteiger partial charge is 0.351 e. The lowest BCUT2D eigenvalue weighted by Gasteiger charge is -2.22. The minimum Gasteiger partial charge on any atom is -0.351 e. The summed E-state index contributed by atoms with van der Waals surface area (Å²) in [5.74, 6) is -0.0972. The Morgan fingerprint density at radius 3 is 2.58 bits per heavy atom. The minimum absolute atomic E-state index is 0.0972. The summed E-state index contributed by atoms with van der Waals surface area (Å²) in [4.78, 5) is 22.9. The number of carbonyl (C=O) groups excluding carboxylic acids is 2. The molecular weight excluding hydrogens is 242 g/mol. The number of benzene rings is 1. The van der Waals surface area contributed by atoms with Gasteiger partial charge in [0.2, 0.25) is 0 Å². The second kappa shape index (κ2) is 6.22. The van der Waals surface area contributed by atoms with Gasteiger partial charge in [-0.2, -0.15) is 0 Å². The predicted octanol–water partition coefficient (Wildman–Crippen LogP) is 2.24. The molecule has 0 aromatic heterocycles. The minimum atomic E-state index is -0.634. The molecule has 0 bridgehead atoms. The van der Waals surface area contributed by atoms with Crippen LogP contribution in [0.2, 0.25) is 0 Å². The van der Waals surface area contributed by atoms with E-state index in [1.807, 2.05) is 0 Å². The summed E-state index contributed by atoms with van der Waals surface area (Å²) in [7, 11) is 0.